The van der Waals surface area contributed by atoms with Crippen LogP contribution in [0, 0.1) is 0 Å². The average molecular weight is 436 g/mol. The third kappa shape index (κ3) is 4.54. The van der Waals surface area contributed by atoms with Gasteiger partial charge in [-0.3, -0.25) is 14.5 Å². The molecule has 2 aromatic carbocycles. The number of piperazine rings is 1. The van der Waals surface area contributed by atoms with Crippen molar-refractivity contribution in [1.82, 2.24) is 9.80 Å². The van der Waals surface area contributed by atoms with Gasteiger partial charge in [0.2, 0.25) is 0 Å². The second kappa shape index (κ2) is 9.54. The molecule has 0 aliphatic carbocycles. The Morgan fingerprint density at radius 1 is 0.906 bits per heavy atom. The molecule has 2 aliphatic heterocycles. The van der Waals surface area contributed by atoms with E-state index in [4.69, 9.17) is 4.74 Å². The predicted octanol–water partition coefficient (Wildman–Crippen LogP) is 3.07. The van der Waals surface area contributed by atoms with Crippen molar-refractivity contribution in [2.75, 3.05) is 44.7 Å². The lowest BCUT2D eigenvalue weighted by Crippen LogP contribution is -2.43. The molecule has 1 fully saturated rings. The summed E-state index contributed by atoms with van der Waals surface area (Å²) in [6, 6.07) is 14.2. The Hall–Kier alpha value is -3.16. The largest absolute Gasteiger partial charge is 0.502 e. The Kier molecular flexibility index (Phi) is 6.58. The van der Waals surface area contributed by atoms with Crippen LogP contribution in [0.2, 0.25) is 0 Å². The number of aliphatic hydroxyl groups is 1. The number of benzene rings is 2. The normalized spacial score (nSPS) is 18.0. The maximum Gasteiger partial charge on any atom is 0.301 e. The molecule has 4 rings (SSSR count). The van der Waals surface area contributed by atoms with Gasteiger partial charge in [-0.2, -0.15) is 0 Å². The maximum absolute atomic E-state index is 13.1. The van der Waals surface area contributed by atoms with E-state index >= 15 is 0 Å². The summed E-state index contributed by atoms with van der Waals surface area (Å²) in [6.45, 7) is 7.59. The highest BCUT2D eigenvalue weighted by Gasteiger charge is 2.40. The summed E-state index contributed by atoms with van der Waals surface area (Å²) in [5, 5.41) is 10.4. The minimum atomic E-state index is -0.705. The number of nitrogens with zero attached hydrogens (tertiary/aromatic N) is 3. The van der Waals surface area contributed by atoms with Crippen LogP contribution in [0.1, 0.15) is 24.5 Å². The summed E-state index contributed by atoms with van der Waals surface area (Å²) >= 11 is 0. The Morgan fingerprint density at radius 3 is 2.19 bits per heavy atom. The molecule has 0 radical (unpaired) electrons. The molecule has 0 atom stereocenters. The Bertz CT molecular complexity index is 1010. The predicted molar refractivity (Wildman–Crippen MR) is 123 cm³/mol. The lowest BCUT2D eigenvalue weighted by atomic mass is 10.1. The van der Waals surface area contributed by atoms with Crippen LogP contribution in [0.5, 0.6) is 5.75 Å². The molecule has 2 aromatic rings. The number of amides is 2. The van der Waals surface area contributed by atoms with Crippen molar-refractivity contribution in [2.45, 2.75) is 19.9 Å². The zero-order valence-electron chi connectivity index (χ0n) is 18.6. The number of aliphatic hydroxyl groups excluding tert-OH is 1. The van der Waals surface area contributed by atoms with E-state index in [1.165, 1.54) is 0 Å². The van der Waals surface area contributed by atoms with Gasteiger partial charge in [0.25, 0.3) is 5.91 Å². The second-order valence-corrected chi connectivity index (χ2v) is 8.29. The molecule has 0 saturated carbocycles. The maximum atomic E-state index is 13.1. The van der Waals surface area contributed by atoms with E-state index in [0.717, 1.165) is 49.6 Å². The molecule has 32 heavy (non-hydrogen) atoms. The summed E-state index contributed by atoms with van der Waals surface area (Å²) in [5.41, 5.74) is 2.07. The minimum Gasteiger partial charge on any atom is -0.502 e. The van der Waals surface area contributed by atoms with E-state index in [1.807, 2.05) is 19.1 Å². The zero-order chi connectivity index (χ0) is 22.7. The van der Waals surface area contributed by atoms with Gasteiger partial charge in [0.15, 0.2) is 5.76 Å². The molecule has 0 aromatic heterocycles. The first-order valence-electron chi connectivity index (χ1n) is 11.0. The summed E-state index contributed by atoms with van der Waals surface area (Å²) in [4.78, 5) is 31.5. The summed E-state index contributed by atoms with van der Waals surface area (Å²) in [6.07, 6.45) is 0.893. The van der Waals surface area contributed by atoms with Gasteiger partial charge >= 0.3 is 5.91 Å². The Labute approximate surface area is 188 Å². The van der Waals surface area contributed by atoms with Crippen molar-refractivity contribution in [3.05, 3.63) is 65.4 Å². The Morgan fingerprint density at radius 2 is 1.56 bits per heavy atom. The van der Waals surface area contributed by atoms with E-state index in [9.17, 15) is 14.7 Å². The first-order valence-corrected chi connectivity index (χ1v) is 11.0. The third-order valence-electron chi connectivity index (χ3n) is 5.87. The number of ether oxygens (including phenoxy) is 1. The first-order chi connectivity index (χ1) is 15.5. The average Bonchev–Trinajstić information content (AvgIpc) is 3.03. The van der Waals surface area contributed by atoms with Gasteiger partial charge in [-0.05, 0) is 48.9 Å². The SMILES string of the molecule is CCCOc1ccc(C2=C(O)C(=O)N(c3ccc(CN4CCN(C)CC4)cc3)C2=O)cc1. The van der Waals surface area contributed by atoms with Crippen LogP contribution in [0.15, 0.2) is 54.3 Å². The smallest absolute Gasteiger partial charge is 0.301 e. The van der Waals surface area contributed by atoms with Crippen molar-refractivity contribution in [3.8, 4) is 5.75 Å². The molecule has 0 spiro atoms. The van der Waals surface area contributed by atoms with Crippen LogP contribution < -0.4 is 9.64 Å². The van der Waals surface area contributed by atoms with E-state index in [2.05, 4.69) is 16.8 Å². The van der Waals surface area contributed by atoms with Crippen LogP contribution in [0.4, 0.5) is 5.69 Å². The van der Waals surface area contributed by atoms with Crippen molar-refractivity contribution in [3.63, 3.8) is 0 Å². The standard InChI is InChI=1S/C25H29N3O4/c1-3-16-32-21-10-6-19(7-11-21)22-23(29)25(31)28(24(22)30)20-8-4-18(5-9-20)17-27-14-12-26(2)13-15-27/h4-11,29H,3,12-17H2,1-2H3. The number of likely N-dealkylation sites (N-methyl/N-ethyl adjacent to an activating group) is 1. The van der Waals surface area contributed by atoms with Gasteiger partial charge in [0.1, 0.15) is 5.75 Å². The number of rotatable bonds is 7. The number of hydrogen-bond acceptors (Lipinski definition) is 6. The highest BCUT2D eigenvalue weighted by atomic mass is 16.5. The van der Waals surface area contributed by atoms with Crippen molar-refractivity contribution in [1.29, 1.82) is 0 Å². The monoisotopic (exact) mass is 435 g/mol. The topological polar surface area (TPSA) is 73.3 Å². The third-order valence-corrected chi connectivity index (χ3v) is 5.87. The zero-order valence-corrected chi connectivity index (χ0v) is 18.6. The van der Waals surface area contributed by atoms with Crippen LogP contribution >= 0.6 is 0 Å². The summed E-state index contributed by atoms with van der Waals surface area (Å²) < 4.78 is 5.56. The van der Waals surface area contributed by atoms with E-state index in [-0.39, 0.29) is 5.57 Å². The quantitative estimate of drug-likeness (QED) is 0.674. The number of imide groups is 1. The van der Waals surface area contributed by atoms with Crippen LogP contribution in [-0.4, -0.2) is 66.6 Å². The van der Waals surface area contributed by atoms with Gasteiger partial charge in [0, 0.05) is 32.7 Å². The minimum absolute atomic E-state index is 0.0126. The number of hydrogen-bond donors (Lipinski definition) is 1. The molecular formula is C25H29N3O4. The first kappa shape index (κ1) is 22.0. The van der Waals surface area contributed by atoms with Crippen molar-refractivity contribution in [2.24, 2.45) is 0 Å². The Balaban J connectivity index is 1.47. The van der Waals surface area contributed by atoms with Crippen LogP contribution in [0.3, 0.4) is 0 Å². The molecule has 0 unspecified atom stereocenters. The molecule has 168 valence electrons. The van der Waals surface area contributed by atoms with Crippen LogP contribution in [-0.2, 0) is 16.1 Å². The van der Waals surface area contributed by atoms with Gasteiger partial charge in [-0.15, -0.1) is 0 Å². The number of anilines is 1. The molecule has 1 saturated heterocycles. The number of carbonyl (C=O) groups excluding carboxylic acids is 2. The molecule has 7 heteroatoms. The van der Waals surface area contributed by atoms with E-state index < -0.39 is 17.6 Å². The van der Waals surface area contributed by atoms with Gasteiger partial charge in [-0.1, -0.05) is 31.2 Å². The number of carbonyl (C=O) groups is 2. The summed E-state index contributed by atoms with van der Waals surface area (Å²) in [5.74, 6) is -1.08. The lowest BCUT2D eigenvalue weighted by Gasteiger charge is -2.32. The highest BCUT2D eigenvalue weighted by molar-refractivity contribution is 6.44. The van der Waals surface area contributed by atoms with Crippen molar-refractivity contribution < 1.29 is 19.4 Å². The molecular weight excluding hydrogens is 406 g/mol. The fourth-order valence-corrected chi connectivity index (χ4v) is 3.97. The lowest BCUT2D eigenvalue weighted by molar-refractivity contribution is -0.121. The van der Waals surface area contributed by atoms with Crippen molar-refractivity contribution >= 4 is 23.1 Å². The highest BCUT2D eigenvalue weighted by Crippen LogP contribution is 2.32. The molecule has 0 bridgehead atoms. The fraction of sp³-hybridized carbons (Fsp3) is 0.360. The molecule has 2 aliphatic rings. The van der Waals surface area contributed by atoms with Gasteiger partial charge in [0.05, 0.1) is 17.9 Å². The molecule has 2 heterocycles. The summed E-state index contributed by atoms with van der Waals surface area (Å²) in [7, 11) is 2.13. The van der Waals surface area contributed by atoms with Gasteiger partial charge < -0.3 is 14.7 Å². The van der Waals surface area contributed by atoms with E-state index in [1.54, 1.807) is 36.4 Å². The second-order valence-electron chi connectivity index (χ2n) is 8.29. The van der Waals surface area contributed by atoms with Gasteiger partial charge in [-0.25, -0.2) is 4.90 Å². The van der Waals surface area contributed by atoms with E-state index in [0.29, 0.717) is 23.6 Å². The molecule has 2 amide bonds. The molecule has 1 N–H and O–H groups in total. The molecule has 7 nitrogen and oxygen atoms in total. The fourth-order valence-electron chi connectivity index (χ4n) is 3.97. The van der Waals surface area contributed by atoms with Crippen LogP contribution in [0.25, 0.3) is 5.57 Å².